The molecule has 128 valence electrons. The van der Waals surface area contributed by atoms with E-state index in [-0.39, 0.29) is 0 Å². The highest BCUT2D eigenvalue weighted by Crippen LogP contribution is 2.19. The van der Waals surface area contributed by atoms with Gasteiger partial charge < -0.3 is 5.73 Å². The van der Waals surface area contributed by atoms with Crippen molar-refractivity contribution in [2.24, 2.45) is 5.73 Å². The first-order valence-electron chi connectivity index (χ1n) is 8.54. The van der Waals surface area contributed by atoms with Crippen molar-refractivity contribution in [3.63, 3.8) is 0 Å². The topological polar surface area (TPSA) is 85.8 Å². The maximum atomic E-state index is 5.96. The Kier molecular flexibility index (Phi) is 4.49. The standard InChI is InChI=1S/C18H21N7/c19-15-4-8-24(9-5-15)13-16-2-3-18(23-22-16)14-10-17(12-20-11-14)25-7-1-6-21-25/h1-3,6-7,10-12,15H,4-5,8-9,13,19H2. The average molecular weight is 335 g/mol. The third kappa shape index (κ3) is 3.72. The fraction of sp³-hybridized carbons (Fsp3) is 0.333. The number of hydrogen-bond donors (Lipinski definition) is 1. The van der Waals surface area contributed by atoms with Gasteiger partial charge in [-0.25, -0.2) is 4.68 Å². The van der Waals surface area contributed by atoms with E-state index in [1.54, 1.807) is 23.3 Å². The minimum atomic E-state index is 0.347. The summed E-state index contributed by atoms with van der Waals surface area (Å²) in [6.45, 7) is 2.88. The van der Waals surface area contributed by atoms with Crippen LogP contribution in [0.2, 0.25) is 0 Å². The van der Waals surface area contributed by atoms with E-state index in [9.17, 15) is 0 Å². The monoisotopic (exact) mass is 335 g/mol. The molecule has 0 bridgehead atoms. The molecule has 1 aliphatic heterocycles. The van der Waals surface area contributed by atoms with Gasteiger partial charge in [-0.2, -0.15) is 15.3 Å². The van der Waals surface area contributed by atoms with Crippen LogP contribution in [0.1, 0.15) is 18.5 Å². The summed E-state index contributed by atoms with van der Waals surface area (Å²) in [4.78, 5) is 6.67. The summed E-state index contributed by atoms with van der Waals surface area (Å²) in [6, 6.07) is 8.28. The molecule has 0 aromatic carbocycles. The number of nitrogens with two attached hydrogens (primary N) is 1. The van der Waals surface area contributed by atoms with E-state index in [2.05, 4.69) is 25.2 Å². The lowest BCUT2D eigenvalue weighted by Crippen LogP contribution is -2.39. The second kappa shape index (κ2) is 7.08. The van der Waals surface area contributed by atoms with Crippen molar-refractivity contribution < 1.29 is 0 Å². The molecule has 4 heterocycles. The largest absolute Gasteiger partial charge is 0.328 e. The molecule has 0 spiro atoms. The van der Waals surface area contributed by atoms with Crippen molar-refractivity contribution in [3.05, 3.63) is 54.7 Å². The second-order valence-corrected chi connectivity index (χ2v) is 6.41. The summed E-state index contributed by atoms with van der Waals surface area (Å²) < 4.78 is 1.78. The molecular weight excluding hydrogens is 314 g/mol. The van der Waals surface area contributed by atoms with Crippen molar-refractivity contribution >= 4 is 0 Å². The Labute approximate surface area is 146 Å². The SMILES string of the molecule is NC1CCN(Cc2ccc(-c3cncc(-n4cccn4)c3)nn2)CC1. The van der Waals surface area contributed by atoms with Crippen LogP contribution in [0.4, 0.5) is 0 Å². The molecular formula is C18H21N7. The fourth-order valence-corrected chi connectivity index (χ4v) is 3.05. The summed E-state index contributed by atoms with van der Waals surface area (Å²) in [5.74, 6) is 0. The predicted octanol–water partition coefficient (Wildman–Crippen LogP) is 1.65. The number of hydrogen-bond acceptors (Lipinski definition) is 6. The van der Waals surface area contributed by atoms with Crippen LogP contribution in [-0.4, -0.2) is 49.0 Å². The first-order chi connectivity index (χ1) is 12.3. The molecule has 1 saturated heterocycles. The first kappa shape index (κ1) is 15.9. The molecule has 25 heavy (non-hydrogen) atoms. The zero-order valence-corrected chi connectivity index (χ0v) is 14.0. The van der Waals surface area contributed by atoms with Gasteiger partial charge in [0.05, 0.1) is 23.3 Å². The number of likely N-dealkylation sites (tertiary alicyclic amines) is 1. The number of piperidine rings is 1. The summed E-state index contributed by atoms with van der Waals surface area (Å²) in [5.41, 5.74) is 9.58. The molecule has 3 aromatic heterocycles. The van der Waals surface area contributed by atoms with E-state index in [0.29, 0.717) is 6.04 Å². The molecule has 1 fully saturated rings. The Balaban J connectivity index is 1.48. The molecule has 3 aromatic rings. The molecule has 4 rings (SSSR count). The van der Waals surface area contributed by atoms with Crippen LogP contribution in [0.5, 0.6) is 0 Å². The molecule has 7 heteroatoms. The highest BCUT2D eigenvalue weighted by Gasteiger charge is 2.16. The van der Waals surface area contributed by atoms with Crippen LogP contribution in [0, 0.1) is 0 Å². The van der Waals surface area contributed by atoms with Crippen molar-refractivity contribution in [1.29, 1.82) is 0 Å². The Morgan fingerprint density at radius 3 is 2.72 bits per heavy atom. The van der Waals surface area contributed by atoms with Gasteiger partial charge in [0, 0.05) is 49.8 Å². The smallest absolute Gasteiger partial charge is 0.0946 e. The van der Waals surface area contributed by atoms with Gasteiger partial charge in [-0.05, 0) is 37.1 Å². The maximum absolute atomic E-state index is 5.96. The Morgan fingerprint density at radius 2 is 2.00 bits per heavy atom. The van der Waals surface area contributed by atoms with Crippen LogP contribution in [0.25, 0.3) is 16.9 Å². The zero-order chi connectivity index (χ0) is 17.1. The molecule has 0 amide bonds. The van der Waals surface area contributed by atoms with Gasteiger partial charge in [-0.3, -0.25) is 9.88 Å². The third-order valence-electron chi connectivity index (χ3n) is 4.53. The summed E-state index contributed by atoms with van der Waals surface area (Å²) in [5, 5.41) is 13.0. The molecule has 1 aliphatic rings. The molecule has 0 aliphatic carbocycles. The lowest BCUT2D eigenvalue weighted by atomic mass is 10.1. The van der Waals surface area contributed by atoms with E-state index < -0.39 is 0 Å². The zero-order valence-electron chi connectivity index (χ0n) is 14.0. The third-order valence-corrected chi connectivity index (χ3v) is 4.53. The van der Waals surface area contributed by atoms with E-state index in [1.807, 2.05) is 30.5 Å². The van der Waals surface area contributed by atoms with Crippen molar-refractivity contribution in [3.8, 4) is 16.9 Å². The summed E-state index contributed by atoms with van der Waals surface area (Å²) >= 11 is 0. The van der Waals surface area contributed by atoms with Gasteiger partial charge in [0.2, 0.25) is 0 Å². The predicted molar refractivity (Wildman–Crippen MR) is 94.9 cm³/mol. The van der Waals surface area contributed by atoms with Gasteiger partial charge in [0.25, 0.3) is 0 Å². The number of aromatic nitrogens is 5. The quantitative estimate of drug-likeness (QED) is 0.780. The van der Waals surface area contributed by atoms with Crippen LogP contribution in [0.3, 0.4) is 0 Å². The highest BCUT2D eigenvalue weighted by atomic mass is 15.3. The van der Waals surface area contributed by atoms with Crippen LogP contribution in [0.15, 0.2) is 49.1 Å². The van der Waals surface area contributed by atoms with E-state index in [0.717, 1.165) is 55.1 Å². The molecule has 2 N–H and O–H groups in total. The van der Waals surface area contributed by atoms with E-state index >= 15 is 0 Å². The fourth-order valence-electron chi connectivity index (χ4n) is 3.05. The molecule has 7 nitrogen and oxygen atoms in total. The lowest BCUT2D eigenvalue weighted by molar-refractivity contribution is 0.203. The first-order valence-corrected chi connectivity index (χ1v) is 8.54. The molecule has 0 radical (unpaired) electrons. The molecule has 0 saturated carbocycles. The number of pyridine rings is 1. The Hall–Kier alpha value is -2.64. The van der Waals surface area contributed by atoms with Crippen molar-refractivity contribution in [2.45, 2.75) is 25.4 Å². The van der Waals surface area contributed by atoms with Gasteiger partial charge in [0.15, 0.2) is 0 Å². The Morgan fingerprint density at radius 1 is 1.12 bits per heavy atom. The van der Waals surface area contributed by atoms with Gasteiger partial charge in [-0.15, -0.1) is 0 Å². The normalized spacial score (nSPS) is 16.2. The van der Waals surface area contributed by atoms with E-state index in [4.69, 9.17) is 5.73 Å². The van der Waals surface area contributed by atoms with Crippen molar-refractivity contribution in [2.75, 3.05) is 13.1 Å². The summed E-state index contributed by atoms with van der Waals surface area (Å²) in [7, 11) is 0. The summed E-state index contributed by atoms with van der Waals surface area (Å²) in [6.07, 6.45) is 9.31. The minimum Gasteiger partial charge on any atom is -0.328 e. The van der Waals surface area contributed by atoms with Gasteiger partial charge >= 0.3 is 0 Å². The second-order valence-electron chi connectivity index (χ2n) is 6.41. The number of rotatable bonds is 4. The van der Waals surface area contributed by atoms with Gasteiger partial charge in [-0.1, -0.05) is 0 Å². The Bertz CT molecular complexity index is 806. The van der Waals surface area contributed by atoms with Crippen LogP contribution < -0.4 is 5.73 Å². The average Bonchev–Trinajstić information content (AvgIpc) is 3.19. The van der Waals surface area contributed by atoms with Crippen LogP contribution >= 0.6 is 0 Å². The van der Waals surface area contributed by atoms with Crippen LogP contribution in [-0.2, 0) is 6.54 Å². The number of nitrogens with zero attached hydrogens (tertiary/aromatic N) is 6. The highest BCUT2D eigenvalue weighted by molar-refractivity contribution is 5.60. The molecule has 0 atom stereocenters. The van der Waals surface area contributed by atoms with E-state index in [1.165, 1.54) is 0 Å². The van der Waals surface area contributed by atoms with Crippen molar-refractivity contribution in [1.82, 2.24) is 29.9 Å². The maximum Gasteiger partial charge on any atom is 0.0946 e. The lowest BCUT2D eigenvalue weighted by Gasteiger charge is -2.29. The minimum absolute atomic E-state index is 0.347. The molecule has 0 unspecified atom stereocenters. The van der Waals surface area contributed by atoms with Gasteiger partial charge in [0.1, 0.15) is 0 Å².